The summed E-state index contributed by atoms with van der Waals surface area (Å²) in [7, 11) is 0. The van der Waals surface area contributed by atoms with Gasteiger partial charge in [-0.3, -0.25) is 0 Å². The van der Waals surface area contributed by atoms with Crippen molar-refractivity contribution >= 4 is 28.6 Å². The van der Waals surface area contributed by atoms with Crippen LogP contribution in [-0.4, -0.2) is 56.8 Å². The maximum Gasteiger partial charge on any atom is 0.410 e. The normalized spacial score (nSPS) is 13.9. The number of fused-ring (bicyclic) bond motifs is 3. The molecule has 1 aliphatic heterocycles. The standard InChI is InChI=1S/C27H24N6O2/c34-27(35-19-20-9-3-1-4-10-20)32-17-15-31(16-18-32)26-28-23-14-8-7-13-22(23)25-30-29-24(33(25)26)21-11-5-2-6-12-21/h1-14H,15-19H2. The fraction of sp³-hybridized carbons (Fsp3) is 0.185. The van der Waals surface area contributed by atoms with E-state index in [2.05, 4.69) is 15.1 Å². The highest BCUT2D eigenvalue weighted by molar-refractivity contribution is 5.93. The second-order valence-electron chi connectivity index (χ2n) is 8.49. The van der Waals surface area contributed by atoms with E-state index in [0.717, 1.165) is 39.4 Å². The number of hydrogen-bond acceptors (Lipinski definition) is 6. The Morgan fingerprint density at radius 3 is 2.26 bits per heavy atom. The zero-order chi connectivity index (χ0) is 23.6. The Morgan fingerprint density at radius 2 is 1.49 bits per heavy atom. The molecule has 0 atom stereocenters. The van der Waals surface area contributed by atoms with E-state index in [9.17, 15) is 4.79 Å². The van der Waals surface area contributed by atoms with Crippen LogP contribution in [0.2, 0.25) is 0 Å². The number of carbonyl (C=O) groups is 1. The largest absolute Gasteiger partial charge is 0.445 e. The Labute approximate surface area is 202 Å². The minimum absolute atomic E-state index is 0.272. The summed E-state index contributed by atoms with van der Waals surface area (Å²) in [4.78, 5) is 21.6. The monoisotopic (exact) mass is 464 g/mol. The molecule has 0 N–H and O–H groups in total. The summed E-state index contributed by atoms with van der Waals surface area (Å²) in [6, 6.07) is 27.7. The van der Waals surface area contributed by atoms with Gasteiger partial charge in [-0.2, -0.15) is 0 Å². The molecule has 35 heavy (non-hydrogen) atoms. The predicted octanol–water partition coefficient (Wildman–Crippen LogP) is 4.40. The van der Waals surface area contributed by atoms with Crippen LogP contribution in [0.3, 0.4) is 0 Å². The smallest absolute Gasteiger partial charge is 0.410 e. The lowest BCUT2D eigenvalue weighted by Gasteiger charge is -2.35. The summed E-state index contributed by atoms with van der Waals surface area (Å²) >= 11 is 0. The number of piperazine rings is 1. The topological polar surface area (TPSA) is 75.9 Å². The van der Waals surface area contributed by atoms with Crippen LogP contribution in [0.25, 0.3) is 27.9 Å². The van der Waals surface area contributed by atoms with Crippen molar-refractivity contribution in [1.29, 1.82) is 0 Å². The Morgan fingerprint density at radius 1 is 0.800 bits per heavy atom. The van der Waals surface area contributed by atoms with Crippen LogP contribution in [0.1, 0.15) is 5.56 Å². The molecule has 174 valence electrons. The van der Waals surface area contributed by atoms with E-state index >= 15 is 0 Å². The van der Waals surface area contributed by atoms with Crippen LogP contribution in [0.4, 0.5) is 10.7 Å². The van der Waals surface area contributed by atoms with Gasteiger partial charge >= 0.3 is 6.09 Å². The van der Waals surface area contributed by atoms with Crippen molar-refractivity contribution in [3.05, 3.63) is 90.5 Å². The molecule has 3 heterocycles. The maximum atomic E-state index is 12.6. The average molecular weight is 465 g/mol. The molecule has 8 nitrogen and oxygen atoms in total. The zero-order valence-corrected chi connectivity index (χ0v) is 19.1. The Balaban J connectivity index is 1.28. The van der Waals surface area contributed by atoms with Crippen molar-refractivity contribution in [1.82, 2.24) is 24.5 Å². The van der Waals surface area contributed by atoms with E-state index < -0.39 is 0 Å². The number of amides is 1. The van der Waals surface area contributed by atoms with Crippen LogP contribution in [0, 0.1) is 0 Å². The lowest BCUT2D eigenvalue weighted by atomic mass is 10.2. The fourth-order valence-electron chi connectivity index (χ4n) is 4.45. The van der Waals surface area contributed by atoms with Gasteiger partial charge in [-0.25, -0.2) is 14.2 Å². The van der Waals surface area contributed by atoms with Crippen molar-refractivity contribution in [2.45, 2.75) is 6.61 Å². The molecule has 0 radical (unpaired) electrons. The zero-order valence-electron chi connectivity index (χ0n) is 19.1. The summed E-state index contributed by atoms with van der Waals surface area (Å²) in [5, 5.41) is 10.0. The molecule has 5 aromatic rings. The maximum absolute atomic E-state index is 12.6. The molecular weight excluding hydrogens is 440 g/mol. The molecule has 1 saturated heterocycles. The number of anilines is 1. The molecule has 1 fully saturated rings. The lowest BCUT2D eigenvalue weighted by molar-refractivity contribution is 0.0940. The quantitative estimate of drug-likeness (QED) is 0.392. The first-order chi connectivity index (χ1) is 17.3. The minimum atomic E-state index is -0.292. The molecule has 8 heteroatoms. The third-order valence-corrected chi connectivity index (χ3v) is 6.29. The van der Waals surface area contributed by atoms with E-state index in [1.54, 1.807) is 4.90 Å². The first-order valence-corrected chi connectivity index (χ1v) is 11.7. The van der Waals surface area contributed by atoms with Crippen LogP contribution >= 0.6 is 0 Å². The van der Waals surface area contributed by atoms with Crippen molar-refractivity contribution < 1.29 is 9.53 Å². The Kier molecular flexibility index (Phi) is 5.46. The highest BCUT2D eigenvalue weighted by Crippen LogP contribution is 2.28. The van der Waals surface area contributed by atoms with Gasteiger partial charge in [0, 0.05) is 37.1 Å². The van der Waals surface area contributed by atoms with Gasteiger partial charge in [0.05, 0.1) is 5.52 Å². The first kappa shape index (κ1) is 21.1. The van der Waals surface area contributed by atoms with Crippen LogP contribution in [0.5, 0.6) is 0 Å². The molecule has 1 aliphatic rings. The highest BCUT2D eigenvalue weighted by atomic mass is 16.6. The SMILES string of the molecule is O=C(OCc1ccccc1)N1CCN(c2nc3ccccc3c3nnc(-c4ccccc4)n23)CC1. The highest BCUT2D eigenvalue weighted by Gasteiger charge is 2.26. The third-order valence-electron chi connectivity index (χ3n) is 6.29. The van der Waals surface area contributed by atoms with Gasteiger partial charge in [0.25, 0.3) is 0 Å². The number of aromatic nitrogens is 4. The number of carbonyl (C=O) groups excluding carboxylic acids is 1. The summed E-state index contributed by atoms with van der Waals surface area (Å²) in [6.45, 7) is 2.63. The molecule has 2 aromatic heterocycles. The van der Waals surface area contributed by atoms with E-state index in [1.807, 2.05) is 89.3 Å². The summed E-state index contributed by atoms with van der Waals surface area (Å²) < 4.78 is 7.56. The minimum Gasteiger partial charge on any atom is -0.445 e. The molecule has 0 bridgehead atoms. The number of hydrogen-bond donors (Lipinski definition) is 0. The van der Waals surface area contributed by atoms with E-state index in [0.29, 0.717) is 26.2 Å². The first-order valence-electron chi connectivity index (χ1n) is 11.7. The molecule has 0 aliphatic carbocycles. The number of rotatable bonds is 4. The fourth-order valence-corrected chi connectivity index (χ4v) is 4.45. The van der Waals surface area contributed by atoms with E-state index in [1.165, 1.54) is 0 Å². The lowest BCUT2D eigenvalue weighted by Crippen LogP contribution is -2.49. The second-order valence-corrected chi connectivity index (χ2v) is 8.49. The molecule has 0 spiro atoms. The summed E-state index contributed by atoms with van der Waals surface area (Å²) in [5.41, 5.74) is 3.59. The van der Waals surface area contributed by atoms with E-state index in [-0.39, 0.29) is 12.7 Å². The number of benzene rings is 3. The van der Waals surface area contributed by atoms with Crippen LogP contribution in [-0.2, 0) is 11.3 Å². The molecule has 0 saturated carbocycles. The van der Waals surface area contributed by atoms with E-state index in [4.69, 9.17) is 9.72 Å². The molecule has 3 aromatic carbocycles. The molecule has 6 rings (SSSR count). The predicted molar refractivity (Wildman–Crippen MR) is 134 cm³/mol. The summed E-state index contributed by atoms with van der Waals surface area (Å²) in [5.74, 6) is 1.53. The van der Waals surface area contributed by atoms with Crippen molar-refractivity contribution in [2.75, 3.05) is 31.1 Å². The van der Waals surface area contributed by atoms with Crippen LogP contribution < -0.4 is 4.90 Å². The second kappa shape index (κ2) is 9.06. The molecular formula is C27H24N6O2. The summed E-state index contributed by atoms with van der Waals surface area (Å²) in [6.07, 6.45) is -0.292. The van der Waals surface area contributed by atoms with Crippen LogP contribution in [0.15, 0.2) is 84.9 Å². The van der Waals surface area contributed by atoms with Crippen molar-refractivity contribution in [3.63, 3.8) is 0 Å². The Bertz CT molecular complexity index is 1480. The number of para-hydroxylation sites is 1. The number of nitrogens with zero attached hydrogens (tertiary/aromatic N) is 6. The van der Waals surface area contributed by atoms with Gasteiger partial charge in [-0.15, -0.1) is 10.2 Å². The van der Waals surface area contributed by atoms with Gasteiger partial charge in [0.1, 0.15) is 6.61 Å². The average Bonchev–Trinajstić information content (AvgIpc) is 3.38. The van der Waals surface area contributed by atoms with Gasteiger partial charge in [-0.1, -0.05) is 72.8 Å². The van der Waals surface area contributed by atoms with Gasteiger partial charge in [-0.05, 0) is 17.7 Å². The molecule has 0 unspecified atom stereocenters. The number of ether oxygens (including phenoxy) is 1. The van der Waals surface area contributed by atoms with Gasteiger partial charge in [0.15, 0.2) is 11.5 Å². The third kappa shape index (κ3) is 4.03. The van der Waals surface area contributed by atoms with Gasteiger partial charge in [0.2, 0.25) is 5.95 Å². The molecule has 1 amide bonds. The van der Waals surface area contributed by atoms with Crippen molar-refractivity contribution in [3.8, 4) is 11.4 Å². The van der Waals surface area contributed by atoms with Crippen molar-refractivity contribution in [2.24, 2.45) is 0 Å². The Hall–Kier alpha value is -4.46. The van der Waals surface area contributed by atoms with Gasteiger partial charge < -0.3 is 14.5 Å².